The van der Waals surface area contributed by atoms with Crippen LogP contribution in [0.3, 0.4) is 0 Å². The Bertz CT molecular complexity index is 858. The zero-order valence-corrected chi connectivity index (χ0v) is 21.3. The van der Waals surface area contributed by atoms with Crippen LogP contribution in [0.15, 0.2) is 53.5 Å². The van der Waals surface area contributed by atoms with E-state index in [1.165, 1.54) is 0 Å². The van der Waals surface area contributed by atoms with Crippen molar-refractivity contribution in [3.8, 4) is 5.75 Å². The molecule has 8 heteroatoms. The molecule has 2 atom stereocenters. The van der Waals surface area contributed by atoms with Crippen molar-refractivity contribution < 1.29 is 13.7 Å². The summed E-state index contributed by atoms with van der Waals surface area (Å²) in [5.41, 5.74) is 3.33. The van der Waals surface area contributed by atoms with Crippen LogP contribution in [-0.2, 0) is 27.8 Å². The molecule has 0 saturated carbocycles. The van der Waals surface area contributed by atoms with E-state index in [9.17, 15) is 4.21 Å². The number of ether oxygens (including phenoxy) is 2. The van der Waals surface area contributed by atoms with E-state index in [0.29, 0.717) is 37.2 Å². The van der Waals surface area contributed by atoms with Gasteiger partial charge >= 0.3 is 0 Å². The predicted octanol–water partition coefficient (Wildman–Crippen LogP) is 3.39. The van der Waals surface area contributed by atoms with Gasteiger partial charge in [-0.15, -0.1) is 24.0 Å². The van der Waals surface area contributed by atoms with E-state index in [1.807, 2.05) is 30.3 Å². The Morgan fingerprint density at radius 1 is 1.23 bits per heavy atom. The molecular weight excluding hydrogens is 525 g/mol. The van der Waals surface area contributed by atoms with Crippen molar-refractivity contribution in [3.05, 3.63) is 65.2 Å². The molecule has 1 saturated heterocycles. The van der Waals surface area contributed by atoms with E-state index in [2.05, 4.69) is 40.7 Å². The average Bonchev–Trinajstić information content (AvgIpc) is 3.25. The predicted molar refractivity (Wildman–Crippen MR) is 138 cm³/mol. The van der Waals surface area contributed by atoms with Crippen LogP contribution in [0.1, 0.15) is 23.1 Å². The summed E-state index contributed by atoms with van der Waals surface area (Å²) in [5.74, 6) is 2.71. The third kappa shape index (κ3) is 8.78. The van der Waals surface area contributed by atoms with Crippen LogP contribution in [0.4, 0.5) is 0 Å². The number of nitrogens with zero attached hydrogens (tertiary/aromatic N) is 1. The number of benzene rings is 2. The Morgan fingerprint density at radius 2 is 2.03 bits per heavy atom. The first-order chi connectivity index (χ1) is 14.6. The average molecular weight is 557 g/mol. The summed E-state index contributed by atoms with van der Waals surface area (Å²) in [4.78, 5) is 4.27. The highest BCUT2D eigenvalue weighted by atomic mass is 127. The lowest BCUT2D eigenvalue weighted by Gasteiger charge is -2.18. The van der Waals surface area contributed by atoms with Crippen molar-refractivity contribution >= 4 is 40.7 Å². The van der Waals surface area contributed by atoms with Gasteiger partial charge in [0.25, 0.3) is 0 Å². The van der Waals surface area contributed by atoms with Crippen LogP contribution in [0, 0.1) is 6.92 Å². The van der Waals surface area contributed by atoms with Crippen LogP contribution in [0.5, 0.6) is 5.75 Å². The minimum atomic E-state index is -0.916. The lowest BCUT2D eigenvalue weighted by molar-refractivity contribution is 0.140. The van der Waals surface area contributed by atoms with E-state index < -0.39 is 10.8 Å². The van der Waals surface area contributed by atoms with Gasteiger partial charge in [-0.1, -0.05) is 42.5 Å². The molecule has 2 aromatic carbocycles. The number of hydrogen-bond donors (Lipinski definition) is 2. The molecule has 3 rings (SSSR count). The summed E-state index contributed by atoms with van der Waals surface area (Å²) in [7, 11) is 0.819. The molecule has 2 N–H and O–H groups in total. The first kappa shape index (κ1) is 25.6. The molecule has 0 radical (unpaired) electrons. The largest absolute Gasteiger partial charge is 0.488 e. The Kier molecular flexibility index (Phi) is 11.3. The van der Waals surface area contributed by atoms with Crippen molar-refractivity contribution in [1.82, 2.24) is 10.6 Å². The van der Waals surface area contributed by atoms with Gasteiger partial charge in [0.1, 0.15) is 11.9 Å². The normalized spacial score (nSPS) is 17.0. The van der Waals surface area contributed by atoms with Gasteiger partial charge in [-0.2, -0.15) is 0 Å². The quantitative estimate of drug-likeness (QED) is 0.281. The molecule has 2 aromatic rings. The summed E-state index contributed by atoms with van der Waals surface area (Å²) in [6, 6.07) is 16.1. The lowest BCUT2D eigenvalue weighted by atomic mass is 10.1. The molecule has 31 heavy (non-hydrogen) atoms. The Labute approximate surface area is 204 Å². The molecule has 6 nitrogen and oxygen atoms in total. The van der Waals surface area contributed by atoms with Gasteiger partial charge in [0.05, 0.1) is 13.2 Å². The van der Waals surface area contributed by atoms with Gasteiger partial charge < -0.3 is 20.1 Å². The van der Waals surface area contributed by atoms with Crippen molar-refractivity contribution in [2.45, 2.75) is 31.7 Å². The van der Waals surface area contributed by atoms with Crippen LogP contribution in [0.2, 0.25) is 0 Å². The molecule has 0 spiro atoms. The van der Waals surface area contributed by atoms with Crippen LogP contribution in [0.25, 0.3) is 0 Å². The molecule has 1 aliphatic heterocycles. The third-order valence-electron chi connectivity index (χ3n) is 4.87. The minimum Gasteiger partial charge on any atom is -0.488 e. The summed E-state index contributed by atoms with van der Waals surface area (Å²) in [6.45, 7) is 4.65. The molecule has 0 aromatic heterocycles. The van der Waals surface area contributed by atoms with Gasteiger partial charge in [0, 0.05) is 54.4 Å². The van der Waals surface area contributed by atoms with Crippen LogP contribution >= 0.6 is 24.0 Å². The second-order valence-electron chi connectivity index (χ2n) is 7.34. The number of nitrogens with one attached hydrogen (secondary N) is 2. The van der Waals surface area contributed by atoms with Gasteiger partial charge in [0.15, 0.2) is 5.96 Å². The van der Waals surface area contributed by atoms with E-state index in [0.717, 1.165) is 35.5 Å². The summed E-state index contributed by atoms with van der Waals surface area (Å²) < 4.78 is 23.9. The standard InChI is InChI=1S/C23H31N3O3S.HI/c1-18-8-9-20(22(14-18)29-21-10-12-28-16-21)15-26-23(24-2)25-11-13-30(27)17-19-6-4-3-5-7-19;/h3-9,14,21H,10-13,15-17H2,1-2H3,(H2,24,25,26);1H. The molecule has 0 bridgehead atoms. The second-order valence-corrected chi connectivity index (χ2v) is 8.92. The molecule has 1 fully saturated rings. The summed E-state index contributed by atoms with van der Waals surface area (Å²) in [6.07, 6.45) is 1.03. The van der Waals surface area contributed by atoms with Crippen LogP contribution in [-0.4, -0.2) is 48.8 Å². The smallest absolute Gasteiger partial charge is 0.191 e. The maximum Gasteiger partial charge on any atom is 0.191 e. The highest BCUT2D eigenvalue weighted by molar-refractivity contribution is 14.0. The van der Waals surface area contributed by atoms with E-state index in [1.54, 1.807) is 7.05 Å². The molecule has 0 aliphatic carbocycles. The number of rotatable bonds is 9. The summed E-state index contributed by atoms with van der Waals surface area (Å²) in [5, 5.41) is 6.57. The summed E-state index contributed by atoms with van der Waals surface area (Å²) >= 11 is 0. The van der Waals surface area contributed by atoms with Gasteiger partial charge in [-0.25, -0.2) is 0 Å². The van der Waals surface area contributed by atoms with Gasteiger partial charge in [0.2, 0.25) is 0 Å². The Morgan fingerprint density at radius 3 is 2.74 bits per heavy atom. The van der Waals surface area contributed by atoms with E-state index in [4.69, 9.17) is 9.47 Å². The van der Waals surface area contributed by atoms with E-state index in [-0.39, 0.29) is 30.1 Å². The molecule has 0 amide bonds. The van der Waals surface area contributed by atoms with Crippen LogP contribution < -0.4 is 15.4 Å². The maximum absolute atomic E-state index is 12.3. The van der Waals surface area contributed by atoms with E-state index >= 15 is 0 Å². The van der Waals surface area contributed by atoms with Gasteiger partial charge in [-0.05, 0) is 24.1 Å². The SMILES string of the molecule is CN=C(NCCS(=O)Cc1ccccc1)NCc1ccc(C)cc1OC1CCOC1.I. The number of halogens is 1. The zero-order chi connectivity index (χ0) is 21.2. The van der Waals surface area contributed by atoms with Gasteiger partial charge in [-0.3, -0.25) is 9.20 Å². The van der Waals surface area contributed by atoms with Crippen molar-refractivity contribution in [2.75, 3.05) is 32.6 Å². The second kappa shape index (κ2) is 13.7. The fourth-order valence-corrected chi connectivity index (χ4v) is 4.26. The first-order valence-corrected chi connectivity index (χ1v) is 11.8. The fraction of sp³-hybridized carbons (Fsp3) is 0.435. The number of guanidine groups is 1. The number of hydrogen-bond acceptors (Lipinski definition) is 4. The molecule has 1 aliphatic rings. The number of aryl methyl sites for hydroxylation is 1. The third-order valence-corrected chi connectivity index (χ3v) is 6.18. The molecule has 2 unspecified atom stereocenters. The molecule has 170 valence electrons. The monoisotopic (exact) mass is 557 g/mol. The highest BCUT2D eigenvalue weighted by Crippen LogP contribution is 2.23. The maximum atomic E-state index is 12.3. The molecular formula is C23H32IN3O3S. The first-order valence-electron chi connectivity index (χ1n) is 10.3. The molecule has 1 heterocycles. The topological polar surface area (TPSA) is 72.0 Å². The number of aliphatic imine (C=N–C) groups is 1. The van der Waals surface area contributed by atoms with Crippen molar-refractivity contribution in [3.63, 3.8) is 0 Å². The Balaban J connectivity index is 0.00000341. The highest BCUT2D eigenvalue weighted by Gasteiger charge is 2.18. The van der Waals surface area contributed by atoms with Crippen molar-refractivity contribution in [1.29, 1.82) is 0 Å². The lowest BCUT2D eigenvalue weighted by Crippen LogP contribution is -2.38. The minimum absolute atomic E-state index is 0. The van der Waals surface area contributed by atoms with Crippen molar-refractivity contribution in [2.24, 2.45) is 4.99 Å². The Hall–Kier alpha value is -1.65. The fourth-order valence-electron chi connectivity index (χ4n) is 3.22. The zero-order valence-electron chi connectivity index (χ0n) is 18.1.